The molecule has 0 aliphatic heterocycles. The van der Waals surface area contributed by atoms with Gasteiger partial charge in [-0.15, -0.1) is 0 Å². The highest BCUT2D eigenvalue weighted by atomic mass is 16.6. The maximum Gasteiger partial charge on any atom is 0.407 e. The van der Waals surface area contributed by atoms with E-state index in [1.807, 2.05) is 45.9 Å². The molecule has 5 heteroatoms. The predicted octanol–water partition coefficient (Wildman–Crippen LogP) is 2.95. The summed E-state index contributed by atoms with van der Waals surface area (Å²) in [6.07, 6.45) is 0.414. The molecule has 0 saturated carbocycles. The van der Waals surface area contributed by atoms with Gasteiger partial charge in [-0.05, 0) is 44.9 Å². The van der Waals surface area contributed by atoms with Crippen LogP contribution in [0.25, 0.3) is 0 Å². The van der Waals surface area contributed by atoms with E-state index in [0.29, 0.717) is 18.7 Å². The average Bonchev–Trinajstić information content (AvgIpc) is 2.44. The van der Waals surface area contributed by atoms with Gasteiger partial charge in [0, 0.05) is 19.1 Å². The molecule has 1 atom stereocenters. The zero-order valence-electron chi connectivity index (χ0n) is 13.8. The quantitative estimate of drug-likeness (QED) is 0.847. The first kappa shape index (κ1) is 18.0. The lowest BCUT2D eigenvalue weighted by molar-refractivity contribution is 0.0502. The van der Waals surface area contributed by atoms with Crippen LogP contribution in [0.5, 0.6) is 0 Å². The molecule has 1 unspecified atom stereocenters. The van der Waals surface area contributed by atoms with Gasteiger partial charge in [0.05, 0.1) is 11.6 Å². The first-order valence-electron chi connectivity index (χ1n) is 7.53. The molecule has 0 aliphatic rings. The molecule has 1 aromatic carbocycles. The van der Waals surface area contributed by atoms with Crippen LogP contribution in [-0.2, 0) is 11.3 Å². The highest BCUT2D eigenvalue weighted by Crippen LogP contribution is 2.07. The van der Waals surface area contributed by atoms with E-state index in [2.05, 4.69) is 16.7 Å². The van der Waals surface area contributed by atoms with E-state index in [4.69, 9.17) is 10.00 Å². The minimum absolute atomic E-state index is 0.00833. The SMILES string of the molecule is CCC(CNCc1cccc(C#N)c1)NC(=O)OC(C)(C)C. The molecule has 1 rings (SSSR count). The molecule has 0 radical (unpaired) electrons. The van der Waals surface area contributed by atoms with Gasteiger partial charge in [-0.3, -0.25) is 0 Å². The van der Waals surface area contributed by atoms with E-state index >= 15 is 0 Å². The van der Waals surface area contributed by atoms with Crippen LogP contribution >= 0.6 is 0 Å². The molecule has 0 spiro atoms. The number of carbonyl (C=O) groups is 1. The van der Waals surface area contributed by atoms with E-state index in [9.17, 15) is 4.79 Å². The van der Waals surface area contributed by atoms with Gasteiger partial charge in [0.25, 0.3) is 0 Å². The topological polar surface area (TPSA) is 74.2 Å². The number of alkyl carbamates (subject to hydrolysis) is 1. The van der Waals surface area contributed by atoms with E-state index in [-0.39, 0.29) is 6.04 Å². The van der Waals surface area contributed by atoms with Crippen molar-refractivity contribution >= 4 is 6.09 Å². The number of nitrogens with zero attached hydrogens (tertiary/aromatic N) is 1. The number of nitriles is 1. The first-order chi connectivity index (χ1) is 10.3. The molecule has 1 aromatic rings. The second kappa shape index (κ2) is 8.40. The van der Waals surface area contributed by atoms with Crippen molar-refractivity contribution in [1.29, 1.82) is 5.26 Å². The summed E-state index contributed by atoms with van der Waals surface area (Å²) in [5, 5.41) is 15.0. The van der Waals surface area contributed by atoms with Gasteiger partial charge in [0.1, 0.15) is 5.60 Å². The Morgan fingerprint density at radius 2 is 2.14 bits per heavy atom. The van der Waals surface area contributed by atoms with Crippen molar-refractivity contribution in [3.05, 3.63) is 35.4 Å². The Bertz CT molecular complexity index is 529. The molecule has 2 N–H and O–H groups in total. The Morgan fingerprint density at radius 1 is 1.41 bits per heavy atom. The molecular formula is C17H25N3O2. The number of benzene rings is 1. The second-order valence-corrected chi connectivity index (χ2v) is 6.19. The molecule has 0 bridgehead atoms. The van der Waals surface area contributed by atoms with E-state index in [0.717, 1.165) is 12.0 Å². The molecule has 1 amide bonds. The number of amides is 1. The lowest BCUT2D eigenvalue weighted by Gasteiger charge is -2.23. The predicted molar refractivity (Wildman–Crippen MR) is 86.3 cm³/mol. The summed E-state index contributed by atoms with van der Waals surface area (Å²) in [5.41, 5.74) is 1.21. The van der Waals surface area contributed by atoms with E-state index < -0.39 is 11.7 Å². The van der Waals surface area contributed by atoms with Crippen molar-refractivity contribution in [1.82, 2.24) is 10.6 Å². The lowest BCUT2D eigenvalue weighted by Crippen LogP contribution is -2.43. The minimum atomic E-state index is -0.493. The van der Waals surface area contributed by atoms with Gasteiger partial charge in [-0.1, -0.05) is 19.1 Å². The highest BCUT2D eigenvalue weighted by Gasteiger charge is 2.18. The summed E-state index contributed by atoms with van der Waals surface area (Å²) in [6.45, 7) is 8.84. The first-order valence-corrected chi connectivity index (χ1v) is 7.53. The Balaban J connectivity index is 2.40. The zero-order chi connectivity index (χ0) is 16.6. The average molecular weight is 303 g/mol. The van der Waals surface area contributed by atoms with Gasteiger partial charge in [-0.2, -0.15) is 5.26 Å². The van der Waals surface area contributed by atoms with E-state index in [1.54, 1.807) is 6.07 Å². The van der Waals surface area contributed by atoms with Crippen molar-refractivity contribution < 1.29 is 9.53 Å². The number of hydrogen-bond acceptors (Lipinski definition) is 4. The largest absolute Gasteiger partial charge is 0.444 e. The van der Waals surface area contributed by atoms with E-state index in [1.165, 1.54) is 0 Å². The summed E-state index contributed by atoms with van der Waals surface area (Å²) >= 11 is 0. The normalized spacial score (nSPS) is 12.3. The van der Waals surface area contributed by atoms with Crippen LogP contribution < -0.4 is 10.6 Å². The van der Waals surface area contributed by atoms with Gasteiger partial charge < -0.3 is 15.4 Å². The second-order valence-electron chi connectivity index (χ2n) is 6.19. The van der Waals surface area contributed by atoms with Crippen molar-refractivity contribution in [2.24, 2.45) is 0 Å². The zero-order valence-corrected chi connectivity index (χ0v) is 13.8. The van der Waals surface area contributed by atoms with Crippen LogP contribution in [0.15, 0.2) is 24.3 Å². The molecule has 0 aliphatic carbocycles. The van der Waals surface area contributed by atoms with Crippen LogP contribution in [0.1, 0.15) is 45.2 Å². The molecule has 22 heavy (non-hydrogen) atoms. The number of rotatable bonds is 6. The van der Waals surface area contributed by atoms with Gasteiger partial charge in [0.2, 0.25) is 0 Å². The third-order valence-corrected chi connectivity index (χ3v) is 2.99. The minimum Gasteiger partial charge on any atom is -0.444 e. The summed E-state index contributed by atoms with van der Waals surface area (Å²) in [7, 11) is 0. The Kier molecular flexibility index (Phi) is 6.87. The molecule has 0 heterocycles. The summed E-state index contributed by atoms with van der Waals surface area (Å²) in [5.74, 6) is 0. The third-order valence-electron chi connectivity index (χ3n) is 2.99. The van der Waals surface area contributed by atoms with Crippen LogP contribution in [-0.4, -0.2) is 24.3 Å². The maximum atomic E-state index is 11.7. The number of carbonyl (C=O) groups excluding carboxylic acids is 1. The van der Waals surface area contributed by atoms with Crippen molar-refractivity contribution in [3.8, 4) is 6.07 Å². The number of nitrogens with one attached hydrogen (secondary N) is 2. The Labute approximate surface area is 132 Å². The van der Waals surface area contributed by atoms with Gasteiger partial charge in [-0.25, -0.2) is 4.79 Å². The fourth-order valence-corrected chi connectivity index (χ4v) is 1.91. The monoisotopic (exact) mass is 303 g/mol. The Hall–Kier alpha value is -2.06. The molecule has 5 nitrogen and oxygen atoms in total. The van der Waals surface area contributed by atoms with Crippen molar-refractivity contribution in [3.63, 3.8) is 0 Å². The van der Waals surface area contributed by atoms with Crippen molar-refractivity contribution in [2.75, 3.05) is 6.54 Å². The Morgan fingerprint density at radius 3 is 2.73 bits per heavy atom. The number of hydrogen-bond donors (Lipinski definition) is 2. The van der Waals surface area contributed by atoms with Gasteiger partial charge >= 0.3 is 6.09 Å². The number of ether oxygens (including phenoxy) is 1. The molecule has 0 saturated heterocycles. The molecule has 0 aromatic heterocycles. The molecular weight excluding hydrogens is 278 g/mol. The fourth-order valence-electron chi connectivity index (χ4n) is 1.91. The fraction of sp³-hybridized carbons (Fsp3) is 0.529. The maximum absolute atomic E-state index is 11.7. The third kappa shape index (κ3) is 7.09. The molecule has 120 valence electrons. The van der Waals surface area contributed by atoms with Gasteiger partial charge in [0.15, 0.2) is 0 Å². The van der Waals surface area contributed by atoms with Crippen molar-refractivity contribution in [2.45, 2.75) is 52.3 Å². The summed E-state index contributed by atoms with van der Waals surface area (Å²) in [4.78, 5) is 11.7. The highest BCUT2D eigenvalue weighted by molar-refractivity contribution is 5.68. The van der Waals surface area contributed by atoms with Crippen LogP contribution in [0, 0.1) is 11.3 Å². The standard InChI is InChI=1S/C17H25N3O2/c1-5-15(20-16(21)22-17(2,3)4)12-19-11-14-8-6-7-13(9-14)10-18/h6-9,15,19H,5,11-12H2,1-4H3,(H,20,21). The lowest BCUT2D eigenvalue weighted by atomic mass is 10.1. The van der Waals surface area contributed by atoms with Crippen LogP contribution in [0.4, 0.5) is 4.79 Å². The van der Waals surface area contributed by atoms with Crippen LogP contribution in [0.2, 0.25) is 0 Å². The van der Waals surface area contributed by atoms with Crippen LogP contribution in [0.3, 0.4) is 0 Å². The summed E-state index contributed by atoms with van der Waals surface area (Å²) < 4.78 is 5.25. The molecule has 0 fully saturated rings. The smallest absolute Gasteiger partial charge is 0.407 e. The summed E-state index contributed by atoms with van der Waals surface area (Å²) in [6, 6.07) is 9.60.